The lowest BCUT2D eigenvalue weighted by molar-refractivity contribution is 0.0907. The Morgan fingerprint density at radius 3 is 2.61 bits per heavy atom. The van der Waals surface area contributed by atoms with Crippen molar-refractivity contribution in [3.63, 3.8) is 0 Å². The van der Waals surface area contributed by atoms with Crippen molar-refractivity contribution in [1.29, 1.82) is 5.26 Å². The largest absolute Gasteiger partial charge is 0.360 e. The zero-order valence-electron chi connectivity index (χ0n) is 12.5. The fraction of sp³-hybridized carbons (Fsp3) is 0.294. The minimum absolute atomic E-state index is 0.0803. The van der Waals surface area contributed by atoms with Crippen LogP contribution in [-0.4, -0.2) is 11.6 Å². The first kappa shape index (κ1) is 14.1. The van der Waals surface area contributed by atoms with E-state index in [9.17, 15) is 10.1 Å². The number of fused-ring (bicyclic) bond motifs is 1. The molecule has 3 N–H and O–H groups in total. The summed E-state index contributed by atoms with van der Waals surface area (Å²) in [5.74, 6) is -0.0803. The highest BCUT2D eigenvalue weighted by Gasteiger charge is 2.42. The molecule has 1 saturated carbocycles. The Morgan fingerprint density at radius 2 is 1.91 bits per heavy atom. The second-order valence-corrected chi connectivity index (χ2v) is 7.00. The molecule has 0 radical (unpaired) electrons. The molecule has 2 aromatic rings. The van der Waals surface area contributed by atoms with Gasteiger partial charge in [0.15, 0.2) is 0 Å². The number of benzene rings is 1. The Balaban J connectivity index is 1.74. The Morgan fingerprint density at radius 1 is 1.17 bits per heavy atom. The van der Waals surface area contributed by atoms with Crippen molar-refractivity contribution in [2.24, 2.45) is 0 Å². The van der Waals surface area contributed by atoms with Gasteiger partial charge in [-0.1, -0.05) is 18.2 Å². The molecule has 1 aromatic heterocycles. The van der Waals surface area contributed by atoms with Crippen LogP contribution in [0.5, 0.6) is 0 Å². The van der Waals surface area contributed by atoms with Gasteiger partial charge in [0.25, 0.3) is 5.91 Å². The van der Waals surface area contributed by atoms with Crippen LogP contribution < -0.4 is 16.0 Å². The van der Waals surface area contributed by atoms with E-state index < -0.39 is 0 Å². The third kappa shape index (κ3) is 2.34. The van der Waals surface area contributed by atoms with Gasteiger partial charge in [0.05, 0.1) is 5.69 Å². The predicted octanol–water partition coefficient (Wildman–Crippen LogP) is 3.79. The van der Waals surface area contributed by atoms with E-state index in [-0.39, 0.29) is 11.6 Å². The number of amides is 1. The van der Waals surface area contributed by atoms with Crippen molar-refractivity contribution in [3.05, 3.63) is 40.8 Å². The number of thiophene rings is 1. The maximum Gasteiger partial charge on any atom is 0.265 e. The van der Waals surface area contributed by atoms with Crippen molar-refractivity contribution >= 4 is 33.6 Å². The average Bonchev–Trinajstić information content (AvgIpc) is 3.13. The van der Waals surface area contributed by atoms with Gasteiger partial charge in [-0.05, 0) is 37.8 Å². The van der Waals surface area contributed by atoms with Gasteiger partial charge in [0, 0.05) is 5.69 Å². The highest BCUT2D eigenvalue weighted by atomic mass is 32.1. The lowest BCUT2D eigenvalue weighted by Gasteiger charge is -2.36. The Hall–Kier alpha value is -2.52. The van der Waals surface area contributed by atoms with Crippen LogP contribution in [0.2, 0.25) is 0 Å². The van der Waals surface area contributed by atoms with Gasteiger partial charge < -0.3 is 16.0 Å². The van der Waals surface area contributed by atoms with Crippen molar-refractivity contribution in [2.45, 2.75) is 31.3 Å². The number of hydrogen-bond acceptors (Lipinski definition) is 5. The van der Waals surface area contributed by atoms with E-state index in [1.165, 1.54) is 11.3 Å². The molecule has 6 heteroatoms. The molecule has 2 heterocycles. The number of nitriles is 1. The zero-order chi connectivity index (χ0) is 15.9. The van der Waals surface area contributed by atoms with Gasteiger partial charge in [-0.3, -0.25) is 4.79 Å². The van der Waals surface area contributed by atoms with Crippen LogP contribution in [0, 0.1) is 11.3 Å². The SMILES string of the molecule is N#Cc1c(Nc2ccccc2)sc2c1NC1(CCCC1)NC2=O. The monoisotopic (exact) mass is 324 g/mol. The van der Waals surface area contributed by atoms with Gasteiger partial charge in [0.2, 0.25) is 0 Å². The molecule has 1 amide bonds. The lowest BCUT2D eigenvalue weighted by atomic mass is 10.0. The van der Waals surface area contributed by atoms with E-state index in [4.69, 9.17) is 0 Å². The fourth-order valence-corrected chi connectivity index (χ4v) is 4.35. The van der Waals surface area contributed by atoms with Crippen molar-refractivity contribution < 1.29 is 4.79 Å². The van der Waals surface area contributed by atoms with Gasteiger partial charge in [0.1, 0.15) is 27.2 Å². The van der Waals surface area contributed by atoms with Crippen molar-refractivity contribution in [3.8, 4) is 6.07 Å². The molecule has 5 nitrogen and oxygen atoms in total. The molecular formula is C17H16N4OS. The number of anilines is 3. The normalized spacial score (nSPS) is 18.0. The molecule has 1 spiro atoms. The van der Waals surface area contributed by atoms with E-state index in [1.807, 2.05) is 30.3 Å². The molecule has 1 aromatic carbocycles. The summed E-state index contributed by atoms with van der Waals surface area (Å²) in [6.07, 6.45) is 3.98. The highest BCUT2D eigenvalue weighted by molar-refractivity contribution is 7.19. The first-order valence-corrected chi connectivity index (χ1v) is 8.52. The van der Waals surface area contributed by atoms with Crippen molar-refractivity contribution in [1.82, 2.24) is 5.32 Å². The first-order chi connectivity index (χ1) is 11.2. The maximum absolute atomic E-state index is 12.5. The van der Waals surface area contributed by atoms with Gasteiger partial charge in [-0.25, -0.2) is 0 Å². The van der Waals surface area contributed by atoms with Crippen LogP contribution in [0.15, 0.2) is 30.3 Å². The number of carbonyl (C=O) groups excluding carboxylic acids is 1. The van der Waals surface area contributed by atoms with Crippen molar-refractivity contribution in [2.75, 3.05) is 10.6 Å². The first-order valence-electron chi connectivity index (χ1n) is 7.70. The van der Waals surface area contributed by atoms with Gasteiger partial charge >= 0.3 is 0 Å². The number of nitrogens with zero attached hydrogens (tertiary/aromatic N) is 1. The van der Waals surface area contributed by atoms with Gasteiger partial charge in [-0.2, -0.15) is 5.26 Å². The standard InChI is InChI=1S/C17H16N4OS/c18-10-12-13-14(15(22)21-17(20-13)8-4-5-9-17)23-16(12)19-11-6-2-1-3-7-11/h1-3,6-7,19-20H,4-5,8-9H2,(H,21,22). The summed E-state index contributed by atoms with van der Waals surface area (Å²) in [4.78, 5) is 13.1. The van der Waals surface area contributed by atoms with Gasteiger partial charge in [-0.15, -0.1) is 11.3 Å². The summed E-state index contributed by atoms with van der Waals surface area (Å²) in [6.45, 7) is 0. The Kier molecular flexibility index (Phi) is 3.24. The third-order valence-electron chi connectivity index (χ3n) is 4.43. The topological polar surface area (TPSA) is 77.0 Å². The minimum atomic E-state index is -0.374. The highest BCUT2D eigenvalue weighted by Crippen LogP contribution is 2.44. The molecule has 0 unspecified atom stereocenters. The summed E-state index contributed by atoms with van der Waals surface area (Å²) >= 11 is 1.32. The van der Waals surface area contributed by atoms with E-state index in [2.05, 4.69) is 22.0 Å². The average molecular weight is 324 g/mol. The molecule has 1 fully saturated rings. The summed E-state index contributed by atoms with van der Waals surface area (Å²) in [5, 5.41) is 20.1. The van der Waals surface area contributed by atoms with E-state index in [0.29, 0.717) is 21.1 Å². The summed E-state index contributed by atoms with van der Waals surface area (Å²) in [5.41, 5.74) is 1.73. The van der Waals surface area contributed by atoms with Crippen LogP contribution in [0.1, 0.15) is 40.9 Å². The summed E-state index contributed by atoms with van der Waals surface area (Å²) < 4.78 is 0. The molecule has 2 aliphatic rings. The molecule has 0 saturated heterocycles. The molecule has 0 atom stereocenters. The van der Waals surface area contributed by atoms with Crippen LogP contribution in [0.3, 0.4) is 0 Å². The second kappa shape index (κ2) is 5.28. The molecule has 23 heavy (non-hydrogen) atoms. The summed E-state index contributed by atoms with van der Waals surface area (Å²) in [6, 6.07) is 11.9. The van der Waals surface area contributed by atoms with Crippen LogP contribution >= 0.6 is 11.3 Å². The molecular weight excluding hydrogens is 308 g/mol. The molecule has 1 aliphatic heterocycles. The van der Waals surface area contributed by atoms with E-state index >= 15 is 0 Å². The molecule has 116 valence electrons. The molecule has 0 bridgehead atoms. The minimum Gasteiger partial charge on any atom is -0.360 e. The number of rotatable bonds is 2. The second-order valence-electron chi connectivity index (χ2n) is 5.98. The predicted molar refractivity (Wildman–Crippen MR) is 91.0 cm³/mol. The molecule has 1 aliphatic carbocycles. The Labute approximate surface area is 138 Å². The van der Waals surface area contributed by atoms with Crippen LogP contribution in [-0.2, 0) is 0 Å². The van der Waals surface area contributed by atoms with Crippen LogP contribution in [0.4, 0.5) is 16.4 Å². The number of para-hydroxylation sites is 1. The maximum atomic E-state index is 12.5. The van der Waals surface area contributed by atoms with E-state index in [1.54, 1.807) is 0 Å². The lowest BCUT2D eigenvalue weighted by Crippen LogP contribution is -2.55. The van der Waals surface area contributed by atoms with Crippen LogP contribution in [0.25, 0.3) is 0 Å². The third-order valence-corrected chi connectivity index (χ3v) is 5.54. The smallest absolute Gasteiger partial charge is 0.265 e. The fourth-order valence-electron chi connectivity index (χ4n) is 3.33. The Bertz CT molecular complexity index is 800. The zero-order valence-corrected chi connectivity index (χ0v) is 13.3. The number of nitrogens with one attached hydrogen (secondary N) is 3. The molecule has 4 rings (SSSR count). The quantitative estimate of drug-likeness (QED) is 0.785. The number of carbonyl (C=O) groups is 1. The summed E-state index contributed by atoms with van der Waals surface area (Å²) in [7, 11) is 0. The van der Waals surface area contributed by atoms with E-state index in [0.717, 1.165) is 31.4 Å². The number of hydrogen-bond donors (Lipinski definition) is 3.